The van der Waals surface area contributed by atoms with Gasteiger partial charge >= 0.3 is 0 Å². The second kappa shape index (κ2) is 6.49. The highest BCUT2D eigenvalue weighted by atomic mass is 79.9. The molecule has 1 unspecified atom stereocenters. The van der Waals surface area contributed by atoms with Crippen LogP contribution in [0, 0.1) is 5.41 Å². The van der Waals surface area contributed by atoms with E-state index < -0.39 is 0 Å². The monoisotopic (exact) mass is 352 g/mol. The largest absolute Gasteiger partial charge is 0.493 e. The molecule has 4 heteroatoms. The number of halogens is 3. The third kappa shape index (κ3) is 4.64. The van der Waals surface area contributed by atoms with Crippen molar-refractivity contribution in [2.45, 2.75) is 33.6 Å². The lowest BCUT2D eigenvalue weighted by molar-refractivity contribution is 0.196. The fraction of sp³-hybridized carbons (Fsp3) is 0.571. The molecule has 1 atom stereocenters. The summed E-state index contributed by atoms with van der Waals surface area (Å²) in [7, 11) is 0. The van der Waals surface area contributed by atoms with E-state index in [-0.39, 0.29) is 5.41 Å². The molecule has 0 aliphatic heterocycles. The zero-order valence-electron chi connectivity index (χ0n) is 11.2. The molecule has 18 heavy (non-hydrogen) atoms. The second-order valence-corrected chi connectivity index (χ2v) is 7.17. The number of hydrogen-bond donors (Lipinski definition) is 0. The summed E-state index contributed by atoms with van der Waals surface area (Å²) >= 11 is 15.6. The van der Waals surface area contributed by atoms with Crippen LogP contribution in [0.3, 0.4) is 0 Å². The molecule has 0 saturated heterocycles. The summed E-state index contributed by atoms with van der Waals surface area (Å²) in [5, 5.41) is 1.96. The van der Waals surface area contributed by atoms with Crippen molar-refractivity contribution < 1.29 is 4.74 Å². The molecule has 1 nitrogen and oxygen atoms in total. The van der Waals surface area contributed by atoms with E-state index >= 15 is 0 Å². The number of rotatable bonds is 4. The van der Waals surface area contributed by atoms with Crippen LogP contribution < -0.4 is 4.74 Å². The minimum atomic E-state index is 0.112. The van der Waals surface area contributed by atoms with Crippen molar-refractivity contribution >= 4 is 39.1 Å². The maximum Gasteiger partial charge on any atom is 0.124 e. The van der Waals surface area contributed by atoms with Crippen LogP contribution in [0.25, 0.3) is 0 Å². The summed E-state index contributed by atoms with van der Waals surface area (Å²) in [4.78, 5) is 0. The Morgan fingerprint density at radius 2 is 1.78 bits per heavy atom. The quantitative estimate of drug-likeness (QED) is 0.610. The highest BCUT2D eigenvalue weighted by Gasteiger charge is 2.17. The standard InChI is InChI=1S/C14H19BrCl2O/c1-9(7-15)10-5-11(16)12(17)6-13(10)18-8-14(2,3)4/h5-6,9H,7-8H2,1-4H3. The van der Waals surface area contributed by atoms with Crippen LogP contribution in [-0.2, 0) is 0 Å². The molecule has 0 amide bonds. The molecule has 0 aliphatic carbocycles. The molecule has 0 radical (unpaired) electrons. The third-order valence-electron chi connectivity index (χ3n) is 2.48. The van der Waals surface area contributed by atoms with Crippen LogP contribution in [0.4, 0.5) is 0 Å². The van der Waals surface area contributed by atoms with E-state index in [1.807, 2.05) is 12.1 Å². The Morgan fingerprint density at radius 3 is 2.28 bits per heavy atom. The second-order valence-electron chi connectivity index (χ2n) is 5.71. The van der Waals surface area contributed by atoms with Crippen LogP contribution in [0.15, 0.2) is 12.1 Å². The van der Waals surface area contributed by atoms with Gasteiger partial charge in [-0.15, -0.1) is 0 Å². The summed E-state index contributed by atoms with van der Waals surface area (Å²) in [5.41, 5.74) is 1.20. The summed E-state index contributed by atoms with van der Waals surface area (Å²) in [6.45, 7) is 9.18. The summed E-state index contributed by atoms with van der Waals surface area (Å²) in [6.07, 6.45) is 0. The van der Waals surface area contributed by atoms with Crippen molar-refractivity contribution in [1.29, 1.82) is 0 Å². The van der Waals surface area contributed by atoms with Gasteiger partial charge in [0.05, 0.1) is 16.7 Å². The summed E-state index contributed by atoms with van der Waals surface area (Å²) < 4.78 is 5.90. The first-order chi connectivity index (χ1) is 8.24. The molecule has 1 rings (SSSR count). The highest BCUT2D eigenvalue weighted by Crippen LogP contribution is 2.36. The summed E-state index contributed by atoms with van der Waals surface area (Å²) in [6, 6.07) is 3.71. The number of alkyl halides is 1. The highest BCUT2D eigenvalue weighted by molar-refractivity contribution is 9.09. The molecule has 0 bridgehead atoms. The SMILES string of the molecule is CC(CBr)c1cc(Cl)c(Cl)cc1OCC(C)(C)C. The topological polar surface area (TPSA) is 9.23 Å². The Morgan fingerprint density at radius 1 is 1.22 bits per heavy atom. The number of ether oxygens (including phenoxy) is 1. The average molecular weight is 354 g/mol. The Labute approximate surface area is 128 Å². The van der Waals surface area contributed by atoms with E-state index in [9.17, 15) is 0 Å². The molecule has 1 aromatic carbocycles. The van der Waals surface area contributed by atoms with Crippen LogP contribution in [0.1, 0.15) is 39.2 Å². The molecule has 0 heterocycles. The van der Waals surface area contributed by atoms with Gasteiger partial charge in [-0.25, -0.2) is 0 Å². The van der Waals surface area contributed by atoms with Gasteiger partial charge < -0.3 is 4.74 Å². The van der Waals surface area contributed by atoms with Crippen molar-refractivity contribution in [2.75, 3.05) is 11.9 Å². The van der Waals surface area contributed by atoms with E-state index in [1.165, 1.54) is 0 Å². The molecule has 0 N–H and O–H groups in total. The van der Waals surface area contributed by atoms with Crippen molar-refractivity contribution in [2.24, 2.45) is 5.41 Å². The lowest BCUT2D eigenvalue weighted by atomic mass is 9.98. The predicted molar refractivity (Wildman–Crippen MR) is 83.6 cm³/mol. The first kappa shape index (κ1) is 16.1. The number of hydrogen-bond acceptors (Lipinski definition) is 1. The van der Waals surface area contributed by atoms with Crippen molar-refractivity contribution in [3.05, 3.63) is 27.7 Å². The van der Waals surface area contributed by atoms with Gasteiger partial charge in [-0.05, 0) is 23.0 Å². The molecule has 0 fully saturated rings. The van der Waals surface area contributed by atoms with Gasteiger partial charge in [-0.3, -0.25) is 0 Å². The van der Waals surface area contributed by atoms with Gasteiger partial charge in [-0.2, -0.15) is 0 Å². The molecular weight excluding hydrogens is 335 g/mol. The maximum absolute atomic E-state index is 6.07. The zero-order chi connectivity index (χ0) is 13.9. The van der Waals surface area contributed by atoms with Gasteiger partial charge in [0, 0.05) is 11.4 Å². The predicted octanol–water partition coefficient (Wildman–Crippen LogP) is 5.92. The van der Waals surface area contributed by atoms with Crippen LogP contribution >= 0.6 is 39.1 Å². The van der Waals surface area contributed by atoms with Gasteiger partial charge in [0.25, 0.3) is 0 Å². The van der Waals surface area contributed by atoms with Gasteiger partial charge in [0.2, 0.25) is 0 Å². The van der Waals surface area contributed by atoms with Crippen molar-refractivity contribution in [3.63, 3.8) is 0 Å². The Bertz CT molecular complexity index is 413. The van der Waals surface area contributed by atoms with Crippen molar-refractivity contribution in [3.8, 4) is 5.75 Å². The van der Waals surface area contributed by atoms with Crippen molar-refractivity contribution in [1.82, 2.24) is 0 Å². The lowest BCUT2D eigenvalue weighted by Crippen LogP contribution is -2.17. The first-order valence-corrected chi connectivity index (χ1v) is 7.80. The van der Waals surface area contributed by atoms with E-state index in [1.54, 1.807) is 0 Å². The minimum absolute atomic E-state index is 0.112. The van der Waals surface area contributed by atoms with E-state index in [2.05, 4.69) is 43.6 Å². The minimum Gasteiger partial charge on any atom is -0.493 e. The van der Waals surface area contributed by atoms with Crippen LogP contribution in [0.5, 0.6) is 5.75 Å². The third-order valence-corrected chi connectivity index (χ3v) is 4.17. The smallest absolute Gasteiger partial charge is 0.124 e. The molecular formula is C14H19BrCl2O. The first-order valence-electron chi connectivity index (χ1n) is 5.92. The fourth-order valence-corrected chi connectivity index (χ4v) is 2.11. The molecule has 0 aliphatic rings. The lowest BCUT2D eigenvalue weighted by Gasteiger charge is -2.22. The summed E-state index contributed by atoms with van der Waals surface area (Å²) in [5.74, 6) is 1.15. The zero-order valence-corrected chi connectivity index (χ0v) is 14.3. The fourth-order valence-electron chi connectivity index (χ4n) is 1.43. The van der Waals surface area contributed by atoms with E-state index in [0.717, 1.165) is 16.6 Å². The molecule has 0 aromatic heterocycles. The van der Waals surface area contributed by atoms with Gasteiger partial charge in [-0.1, -0.05) is 66.8 Å². The average Bonchev–Trinajstić information content (AvgIpc) is 2.28. The van der Waals surface area contributed by atoms with Crippen LogP contribution in [0.2, 0.25) is 10.0 Å². The molecule has 0 saturated carbocycles. The van der Waals surface area contributed by atoms with E-state index in [0.29, 0.717) is 22.6 Å². The van der Waals surface area contributed by atoms with Gasteiger partial charge in [0.1, 0.15) is 5.75 Å². The Hall–Kier alpha value is 0.0800. The van der Waals surface area contributed by atoms with E-state index in [4.69, 9.17) is 27.9 Å². The molecule has 1 aromatic rings. The molecule has 0 spiro atoms. The Balaban J connectivity index is 3.04. The number of benzene rings is 1. The normalized spacial score (nSPS) is 13.5. The Kier molecular flexibility index (Phi) is 5.82. The molecule has 102 valence electrons. The maximum atomic E-state index is 6.07. The van der Waals surface area contributed by atoms with Crippen LogP contribution in [-0.4, -0.2) is 11.9 Å². The van der Waals surface area contributed by atoms with Gasteiger partial charge in [0.15, 0.2) is 0 Å².